The zero-order chi connectivity index (χ0) is 27.5. The Kier molecular flexibility index (Phi) is 6.08. The molecule has 6 rings (SSSR count). The number of hydrogen-bond acceptors (Lipinski definition) is 0. The van der Waals surface area contributed by atoms with E-state index < -0.39 is 5.41 Å². The van der Waals surface area contributed by atoms with Crippen LogP contribution in [0.4, 0.5) is 0 Å². The van der Waals surface area contributed by atoms with Crippen molar-refractivity contribution in [3.05, 3.63) is 159 Å². The summed E-state index contributed by atoms with van der Waals surface area (Å²) in [7, 11) is 0. The SMILES string of the molecule is C=C1/C(=C\C=C/Cc2ccc(Cl)cc2)c2ccc(C(C)(C)C)cc2C12c1cc(C)ccc1-c1ccc(C)cc12. The van der Waals surface area contributed by atoms with Crippen molar-refractivity contribution in [2.45, 2.75) is 51.9 Å². The Hall–Kier alpha value is -3.61. The fraction of sp³-hybridized carbons (Fsp3) is 0.211. The third-order valence-electron chi connectivity index (χ3n) is 8.47. The lowest BCUT2D eigenvalue weighted by atomic mass is 9.69. The second-order valence-corrected chi connectivity index (χ2v) is 12.6. The molecule has 1 spiro atoms. The minimum absolute atomic E-state index is 0.0476. The molecule has 4 aromatic carbocycles. The molecule has 2 aliphatic rings. The highest BCUT2D eigenvalue weighted by atomic mass is 35.5. The zero-order valence-corrected chi connectivity index (χ0v) is 24.3. The monoisotopic (exact) mass is 526 g/mol. The van der Waals surface area contributed by atoms with Crippen LogP contribution in [0.3, 0.4) is 0 Å². The van der Waals surface area contributed by atoms with Gasteiger partial charge < -0.3 is 0 Å². The summed E-state index contributed by atoms with van der Waals surface area (Å²) < 4.78 is 0. The first-order valence-corrected chi connectivity index (χ1v) is 14.2. The van der Waals surface area contributed by atoms with Crippen molar-refractivity contribution in [3.63, 3.8) is 0 Å². The van der Waals surface area contributed by atoms with Gasteiger partial charge in [0.25, 0.3) is 0 Å². The Morgan fingerprint density at radius 3 is 1.90 bits per heavy atom. The van der Waals surface area contributed by atoms with E-state index in [-0.39, 0.29) is 5.41 Å². The first-order valence-electron chi connectivity index (χ1n) is 13.8. The van der Waals surface area contributed by atoms with Gasteiger partial charge in [-0.2, -0.15) is 0 Å². The maximum absolute atomic E-state index is 6.08. The normalized spacial score (nSPS) is 16.3. The van der Waals surface area contributed by atoms with Gasteiger partial charge in [-0.25, -0.2) is 0 Å². The molecule has 0 unspecified atom stereocenters. The summed E-state index contributed by atoms with van der Waals surface area (Å²) in [5, 5.41) is 0.770. The molecule has 194 valence electrons. The Morgan fingerprint density at radius 1 is 0.744 bits per heavy atom. The third-order valence-corrected chi connectivity index (χ3v) is 8.72. The van der Waals surface area contributed by atoms with Crippen molar-refractivity contribution in [2.75, 3.05) is 0 Å². The summed E-state index contributed by atoms with van der Waals surface area (Å²) in [6.07, 6.45) is 7.55. The van der Waals surface area contributed by atoms with Crippen LogP contribution in [-0.2, 0) is 17.3 Å². The molecule has 1 heteroatoms. The highest BCUT2D eigenvalue weighted by Crippen LogP contribution is 2.63. The van der Waals surface area contributed by atoms with E-state index in [0.29, 0.717) is 0 Å². The number of halogens is 1. The van der Waals surface area contributed by atoms with E-state index in [2.05, 4.69) is 120 Å². The van der Waals surface area contributed by atoms with Crippen LogP contribution in [0.2, 0.25) is 5.02 Å². The molecule has 0 aliphatic heterocycles. The number of allylic oxidation sites excluding steroid dienone is 5. The second kappa shape index (κ2) is 9.25. The minimum atomic E-state index is -0.394. The van der Waals surface area contributed by atoms with Gasteiger partial charge in [-0.05, 0) is 93.5 Å². The van der Waals surface area contributed by atoms with Crippen LogP contribution >= 0.6 is 11.6 Å². The van der Waals surface area contributed by atoms with Gasteiger partial charge in [-0.1, -0.05) is 135 Å². The first-order chi connectivity index (χ1) is 18.6. The maximum atomic E-state index is 6.08. The molecule has 0 N–H and O–H groups in total. The molecule has 0 saturated carbocycles. The van der Waals surface area contributed by atoms with E-state index in [1.165, 1.54) is 61.2 Å². The Morgan fingerprint density at radius 2 is 1.31 bits per heavy atom. The predicted octanol–water partition coefficient (Wildman–Crippen LogP) is 10.3. The van der Waals surface area contributed by atoms with Crippen LogP contribution in [0.25, 0.3) is 16.7 Å². The lowest BCUT2D eigenvalue weighted by molar-refractivity contribution is 0.588. The van der Waals surface area contributed by atoms with Crippen LogP contribution in [0.5, 0.6) is 0 Å². The summed E-state index contributed by atoms with van der Waals surface area (Å²) >= 11 is 6.08. The number of rotatable bonds is 3. The molecule has 0 heterocycles. The minimum Gasteiger partial charge on any atom is -0.0936 e. The summed E-state index contributed by atoms with van der Waals surface area (Å²) in [6.45, 7) is 16.2. The highest BCUT2D eigenvalue weighted by molar-refractivity contribution is 6.30. The van der Waals surface area contributed by atoms with Gasteiger partial charge >= 0.3 is 0 Å². The van der Waals surface area contributed by atoms with E-state index in [1.54, 1.807) is 0 Å². The van der Waals surface area contributed by atoms with E-state index in [1.807, 2.05) is 12.1 Å². The van der Waals surface area contributed by atoms with Crippen molar-refractivity contribution in [3.8, 4) is 11.1 Å². The van der Waals surface area contributed by atoms with Gasteiger partial charge in [0.05, 0.1) is 5.41 Å². The zero-order valence-electron chi connectivity index (χ0n) is 23.5. The molecule has 2 aliphatic carbocycles. The number of hydrogen-bond donors (Lipinski definition) is 0. The van der Waals surface area contributed by atoms with E-state index in [4.69, 9.17) is 18.2 Å². The van der Waals surface area contributed by atoms with E-state index in [0.717, 1.165) is 17.0 Å². The molecule has 0 bridgehead atoms. The molecule has 0 fully saturated rings. The van der Waals surface area contributed by atoms with Gasteiger partial charge in [-0.15, -0.1) is 0 Å². The molecule has 0 aromatic heterocycles. The van der Waals surface area contributed by atoms with Crippen LogP contribution < -0.4 is 0 Å². The van der Waals surface area contributed by atoms with E-state index >= 15 is 0 Å². The van der Waals surface area contributed by atoms with Gasteiger partial charge in [0, 0.05) is 5.02 Å². The van der Waals surface area contributed by atoms with Crippen LogP contribution in [0.1, 0.15) is 65.3 Å². The lowest BCUT2D eigenvalue weighted by Crippen LogP contribution is -2.26. The summed E-state index contributed by atoms with van der Waals surface area (Å²) in [5.41, 5.74) is 15.2. The average molecular weight is 527 g/mol. The van der Waals surface area contributed by atoms with Crippen molar-refractivity contribution in [1.29, 1.82) is 0 Å². The Labute approximate surface area is 238 Å². The predicted molar refractivity (Wildman–Crippen MR) is 168 cm³/mol. The van der Waals surface area contributed by atoms with Crippen molar-refractivity contribution < 1.29 is 0 Å². The summed E-state index contributed by atoms with van der Waals surface area (Å²) in [6, 6.07) is 29.0. The quantitative estimate of drug-likeness (QED) is 0.249. The molecule has 0 radical (unpaired) electrons. The van der Waals surface area contributed by atoms with Gasteiger partial charge in [0.1, 0.15) is 0 Å². The average Bonchev–Trinajstić information content (AvgIpc) is 3.31. The molecule has 0 atom stereocenters. The van der Waals surface area contributed by atoms with Gasteiger partial charge in [0.15, 0.2) is 0 Å². The van der Waals surface area contributed by atoms with Crippen molar-refractivity contribution >= 4 is 17.2 Å². The second-order valence-electron chi connectivity index (χ2n) is 12.2. The van der Waals surface area contributed by atoms with Crippen molar-refractivity contribution in [1.82, 2.24) is 0 Å². The standard InChI is InChI=1S/C38H35Cl/c1-24-11-18-32-33-19-12-25(2)22-35(33)38(34(32)21-24)26(3)30(10-8-7-9-27-13-16-29(39)17-14-27)31-20-15-28(23-36(31)38)37(4,5)6/h7-8,10-23H,3,9H2,1-2,4-6H3/b8-7-,30-10+. The molecule has 0 amide bonds. The summed E-state index contributed by atoms with van der Waals surface area (Å²) in [5.74, 6) is 0. The van der Waals surface area contributed by atoms with Gasteiger partial charge in [-0.3, -0.25) is 0 Å². The van der Waals surface area contributed by atoms with E-state index in [9.17, 15) is 0 Å². The summed E-state index contributed by atoms with van der Waals surface area (Å²) in [4.78, 5) is 0. The first kappa shape index (κ1) is 25.7. The topological polar surface area (TPSA) is 0 Å². The lowest BCUT2D eigenvalue weighted by Gasteiger charge is -2.32. The molecular weight excluding hydrogens is 492 g/mol. The fourth-order valence-electron chi connectivity index (χ4n) is 6.43. The Balaban J connectivity index is 1.57. The third kappa shape index (κ3) is 4.05. The van der Waals surface area contributed by atoms with Crippen LogP contribution in [-0.4, -0.2) is 0 Å². The molecule has 0 saturated heterocycles. The molecule has 39 heavy (non-hydrogen) atoms. The highest BCUT2D eigenvalue weighted by Gasteiger charge is 2.52. The number of fused-ring (bicyclic) bond motifs is 7. The number of benzene rings is 4. The van der Waals surface area contributed by atoms with Gasteiger partial charge in [0.2, 0.25) is 0 Å². The van der Waals surface area contributed by atoms with Crippen molar-refractivity contribution in [2.24, 2.45) is 0 Å². The smallest absolute Gasteiger partial charge is 0.0720 e. The molecule has 0 nitrogen and oxygen atoms in total. The molecular formula is C38H35Cl. The molecule has 4 aromatic rings. The fourth-order valence-corrected chi connectivity index (χ4v) is 6.56. The maximum Gasteiger partial charge on any atom is 0.0720 e. The number of aryl methyl sites for hydroxylation is 2. The Bertz CT molecular complexity index is 1630. The van der Waals surface area contributed by atoms with Crippen LogP contribution in [0.15, 0.2) is 109 Å². The largest absolute Gasteiger partial charge is 0.0936 e. The van der Waals surface area contributed by atoms with Crippen LogP contribution in [0, 0.1) is 13.8 Å².